The number of halogens is 1. The molecule has 0 saturated heterocycles. The van der Waals surface area contributed by atoms with Gasteiger partial charge < -0.3 is 0 Å². The third-order valence-corrected chi connectivity index (χ3v) is 4.37. The first-order valence-electron chi connectivity index (χ1n) is 7.48. The monoisotopic (exact) mass is 388 g/mol. The van der Waals surface area contributed by atoms with Gasteiger partial charge in [-0.1, -0.05) is 30.3 Å². The zero-order valence-corrected chi connectivity index (χ0v) is 14.9. The summed E-state index contributed by atoms with van der Waals surface area (Å²) in [7, 11) is 0. The molecule has 0 saturated carbocycles. The van der Waals surface area contributed by atoms with Crippen LogP contribution in [0.2, 0.25) is 0 Å². The number of anilines is 1. The minimum atomic E-state index is -0.462. The number of rotatable bonds is 5. The van der Waals surface area contributed by atoms with Crippen molar-refractivity contribution < 1.29 is 4.79 Å². The third kappa shape index (κ3) is 3.70. The maximum absolute atomic E-state index is 12.3. The number of carbonyl (C=O) groups excluding carboxylic acids is 1. The van der Waals surface area contributed by atoms with Crippen LogP contribution in [0, 0.1) is 6.92 Å². The Morgan fingerprint density at radius 2 is 2.04 bits per heavy atom. The van der Waals surface area contributed by atoms with Crippen LogP contribution >= 0.6 is 15.9 Å². The fourth-order valence-corrected chi connectivity index (χ4v) is 2.48. The lowest BCUT2D eigenvalue weighted by atomic mass is 10.2. The number of hydrogen-bond donors (Lipinski definition) is 1. The van der Waals surface area contributed by atoms with Gasteiger partial charge in [-0.3, -0.25) is 14.8 Å². The molecule has 0 fully saturated rings. The Balaban J connectivity index is 1.64. The summed E-state index contributed by atoms with van der Waals surface area (Å²) in [6, 6.07) is 9.48. The average molecular weight is 389 g/mol. The Hall–Kier alpha value is -2.48. The Morgan fingerprint density at radius 3 is 2.71 bits per heavy atom. The van der Waals surface area contributed by atoms with Crippen LogP contribution in [0.5, 0.6) is 0 Å². The molecule has 0 spiro atoms. The SMILES string of the molecule is Cc1nn(C(C)C(=O)Nc2ncn(Cc3ccccc3)n2)cc1Br. The van der Waals surface area contributed by atoms with Crippen molar-refractivity contribution in [1.29, 1.82) is 0 Å². The van der Waals surface area contributed by atoms with Crippen molar-refractivity contribution in [3.05, 3.63) is 58.6 Å². The maximum atomic E-state index is 12.3. The van der Waals surface area contributed by atoms with Crippen molar-refractivity contribution in [2.24, 2.45) is 0 Å². The van der Waals surface area contributed by atoms with E-state index in [9.17, 15) is 4.79 Å². The second-order valence-corrected chi connectivity index (χ2v) is 6.31. The number of carbonyl (C=O) groups is 1. The molecule has 7 nitrogen and oxygen atoms in total. The van der Waals surface area contributed by atoms with Gasteiger partial charge in [0.05, 0.1) is 16.7 Å². The summed E-state index contributed by atoms with van der Waals surface area (Å²) in [6.07, 6.45) is 3.38. The number of amides is 1. The van der Waals surface area contributed by atoms with Crippen molar-refractivity contribution >= 4 is 27.8 Å². The molecule has 1 atom stereocenters. The van der Waals surface area contributed by atoms with Gasteiger partial charge in [-0.25, -0.2) is 9.67 Å². The fraction of sp³-hybridized carbons (Fsp3) is 0.250. The van der Waals surface area contributed by atoms with Crippen LogP contribution in [0.3, 0.4) is 0 Å². The van der Waals surface area contributed by atoms with Gasteiger partial charge in [-0.2, -0.15) is 5.10 Å². The Morgan fingerprint density at radius 1 is 1.29 bits per heavy atom. The van der Waals surface area contributed by atoms with Gasteiger partial charge in [-0.05, 0) is 35.3 Å². The molecular formula is C16H17BrN6O. The first kappa shape index (κ1) is 16.4. The molecule has 1 unspecified atom stereocenters. The van der Waals surface area contributed by atoms with Crippen LogP contribution in [0.15, 0.2) is 47.3 Å². The first-order valence-corrected chi connectivity index (χ1v) is 8.27. The lowest BCUT2D eigenvalue weighted by Gasteiger charge is -2.10. The summed E-state index contributed by atoms with van der Waals surface area (Å²) in [4.78, 5) is 16.5. The van der Waals surface area contributed by atoms with Gasteiger partial charge >= 0.3 is 0 Å². The maximum Gasteiger partial charge on any atom is 0.251 e. The van der Waals surface area contributed by atoms with Crippen LogP contribution in [0.25, 0.3) is 0 Å². The van der Waals surface area contributed by atoms with Crippen molar-refractivity contribution in [2.75, 3.05) is 5.32 Å². The highest BCUT2D eigenvalue weighted by Crippen LogP contribution is 2.17. The molecule has 3 aromatic rings. The number of aromatic nitrogens is 5. The number of nitrogens with zero attached hydrogens (tertiary/aromatic N) is 5. The first-order chi connectivity index (χ1) is 11.5. The summed E-state index contributed by atoms with van der Waals surface area (Å²) in [5.74, 6) is 0.0631. The average Bonchev–Trinajstić information content (AvgIpc) is 3.14. The molecule has 3 rings (SSSR count). The lowest BCUT2D eigenvalue weighted by molar-refractivity contribution is -0.119. The van der Waals surface area contributed by atoms with E-state index in [1.165, 1.54) is 0 Å². The van der Waals surface area contributed by atoms with Crippen LogP contribution < -0.4 is 5.32 Å². The minimum Gasteiger partial charge on any atom is -0.291 e. The molecule has 0 radical (unpaired) electrons. The highest BCUT2D eigenvalue weighted by molar-refractivity contribution is 9.10. The highest BCUT2D eigenvalue weighted by Gasteiger charge is 2.18. The van der Waals surface area contributed by atoms with E-state index in [2.05, 4.69) is 36.4 Å². The smallest absolute Gasteiger partial charge is 0.251 e. The molecule has 1 N–H and O–H groups in total. The predicted molar refractivity (Wildman–Crippen MR) is 93.6 cm³/mol. The van der Waals surface area contributed by atoms with E-state index in [0.29, 0.717) is 6.54 Å². The molecule has 124 valence electrons. The number of benzene rings is 1. The van der Waals surface area contributed by atoms with E-state index in [1.807, 2.05) is 37.3 Å². The summed E-state index contributed by atoms with van der Waals surface area (Å²) in [5.41, 5.74) is 1.95. The van der Waals surface area contributed by atoms with E-state index in [4.69, 9.17) is 0 Å². The van der Waals surface area contributed by atoms with E-state index in [1.54, 1.807) is 28.8 Å². The molecule has 1 aromatic carbocycles. The van der Waals surface area contributed by atoms with E-state index >= 15 is 0 Å². The Kier molecular flexibility index (Phi) is 4.75. The Labute approximate surface area is 147 Å². The molecule has 0 aliphatic rings. The summed E-state index contributed by atoms with van der Waals surface area (Å²) in [5, 5.41) is 11.3. The Bertz CT molecular complexity index is 822. The summed E-state index contributed by atoms with van der Waals surface area (Å²) >= 11 is 3.39. The number of aryl methyl sites for hydroxylation is 1. The highest BCUT2D eigenvalue weighted by atomic mass is 79.9. The van der Waals surface area contributed by atoms with Gasteiger partial charge in [0, 0.05) is 6.20 Å². The molecule has 1 amide bonds. The van der Waals surface area contributed by atoms with Gasteiger partial charge in [-0.15, -0.1) is 5.10 Å². The minimum absolute atomic E-state index is 0.220. The van der Waals surface area contributed by atoms with E-state index in [0.717, 1.165) is 15.7 Å². The fourth-order valence-electron chi connectivity index (χ4n) is 2.19. The molecule has 0 bridgehead atoms. The zero-order valence-electron chi connectivity index (χ0n) is 13.3. The molecule has 2 heterocycles. The predicted octanol–water partition coefficient (Wildman–Crippen LogP) is 2.79. The van der Waals surface area contributed by atoms with Gasteiger partial charge in [0.2, 0.25) is 5.95 Å². The van der Waals surface area contributed by atoms with Gasteiger partial charge in [0.15, 0.2) is 0 Å². The summed E-state index contributed by atoms with van der Waals surface area (Å²) < 4.78 is 4.16. The lowest BCUT2D eigenvalue weighted by Crippen LogP contribution is -2.24. The number of hydrogen-bond acceptors (Lipinski definition) is 4. The topological polar surface area (TPSA) is 77.6 Å². The molecular weight excluding hydrogens is 372 g/mol. The van der Waals surface area contributed by atoms with Crippen LogP contribution in [0.4, 0.5) is 5.95 Å². The van der Waals surface area contributed by atoms with Crippen molar-refractivity contribution in [2.45, 2.75) is 26.4 Å². The standard InChI is InChI=1S/C16H17BrN6O/c1-11-14(17)9-23(20-11)12(2)15(24)19-16-18-10-22(21-16)8-13-6-4-3-5-7-13/h3-7,9-10,12H,8H2,1-2H3,(H,19,21,24). The second kappa shape index (κ2) is 6.96. The quantitative estimate of drug-likeness (QED) is 0.728. The normalized spacial score (nSPS) is 12.1. The van der Waals surface area contributed by atoms with Crippen molar-refractivity contribution in [1.82, 2.24) is 24.5 Å². The van der Waals surface area contributed by atoms with Crippen molar-refractivity contribution in [3.8, 4) is 0 Å². The molecule has 0 aliphatic heterocycles. The number of nitrogens with one attached hydrogen (secondary N) is 1. The van der Waals surface area contributed by atoms with Crippen LogP contribution in [-0.4, -0.2) is 30.5 Å². The molecule has 2 aromatic heterocycles. The van der Waals surface area contributed by atoms with Gasteiger partial charge in [0.25, 0.3) is 5.91 Å². The van der Waals surface area contributed by atoms with Crippen molar-refractivity contribution in [3.63, 3.8) is 0 Å². The molecule has 0 aliphatic carbocycles. The third-order valence-electron chi connectivity index (χ3n) is 3.59. The largest absolute Gasteiger partial charge is 0.291 e. The molecule has 8 heteroatoms. The second-order valence-electron chi connectivity index (χ2n) is 5.46. The zero-order chi connectivity index (χ0) is 17.1. The van der Waals surface area contributed by atoms with E-state index in [-0.39, 0.29) is 11.9 Å². The van der Waals surface area contributed by atoms with Gasteiger partial charge in [0.1, 0.15) is 12.4 Å². The molecule has 24 heavy (non-hydrogen) atoms. The summed E-state index contributed by atoms with van der Waals surface area (Å²) in [6.45, 7) is 4.25. The van der Waals surface area contributed by atoms with E-state index < -0.39 is 6.04 Å². The van der Waals surface area contributed by atoms with Crippen LogP contribution in [-0.2, 0) is 11.3 Å². The van der Waals surface area contributed by atoms with Crippen LogP contribution in [0.1, 0.15) is 24.2 Å².